The number of hydrogen-bond donors (Lipinski definition) is 1. The Morgan fingerprint density at radius 1 is 1.00 bits per heavy atom. The Balaban J connectivity index is 1.94. The lowest BCUT2D eigenvalue weighted by atomic mass is 10.0. The summed E-state index contributed by atoms with van der Waals surface area (Å²) < 4.78 is 28.0. The van der Waals surface area contributed by atoms with Crippen LogP contribution in [-0.4, -0.2) is 20.9 Å². The van der Waals surface area contributed by atoms with Crippen LogP contribution in [0.1, 0.15) is 30.5 Å². The van der Waals surface area contributed by atoms with Crippen molar-refractivity contribution < 1.29 is 13.2 Å². The number of nitrogens with one attached hydrogen (secondary N) is 1. The van der Waals surface area contributed by atoms with Crippen LogP contribution in [0.25, 0.3) is 0 Å². The summed E-state index contributed by atoms with van der Waals surface area (Å²) in [4.78, 5) is 13.1. The summed E-state index contributed by atoms with van der Waals surface area (Å²) in [7, 11) is -3.96. The number of rotatable bonds is 8. The van der Waals surface area contributed by atoms with E-state index >= 15 is 0 Å². The summed E-state index contributed by atoms with van der Waals surface area (Å²) >= 11 is 6.07. The summed E-state index contributed by atoms with van der Waals surface area (Å²) in [5.74, 6) is -0.385. The van der Waals surface area contributed by atoms with Gasteiger partial charge >= 0.3 is 0 Å². The number of halogens is 1. The second-order valence-electron chi connectivity index (χ2n) is 7.19. The van der Waals surface area contributed by atoms with Crippen molar-refractivity contribution >= 4 is 33.2 Å². The van der Waals surface area contributed by atoms with E-state index in [1.165, 1.54) is 12.1 Å². The van der Waals surface area contributed by atoms with Crippen molar-refractivity contribution in [2.45, 2.75) is 31.2 Å². The number of sulfonamides is 1. The Morgan fingerprint density at radius 3 is 2.19 bits per heavy atom. The van der Waals surface area contributed by atoms with E-state index in [9.17, 15) is 13.2 Å². The molecule has 7 heteroatoms. The molecule has 0 aliphatic rings. The van der Waals surface area contributed by atoms with Crippen LogP contribution >= 0.6 is 11.6 Å². The largest absolute Gasteiger partial charge is 0.348 e. The van der Waals surface area contributed by atoms with E-state index in [0.717, 1.165) is 9.87 Å². The summed E-state index contributed by atoms with van der Waals surface area (Å²) in [5, 5.41) is 3.46. The van der Waals surface area contributed by atoms with Crippen molar-refractivity contribution in [3.63, 3.8) is 0 Å². The van der Waals surface area contributed by atoms with E-state index in [1.54, 1.807) is 43.3 Å². The molecular weight excluding hydrogens is 432 g/mol. The molecule has 0 unspecified atom stereocenters. The average Bonchev–Trinajstić information content (AvgIpc) is 2.77. The van der Waals surface area contributed by atoms with Gasteiger partial charge in [-0.2, -0.15) is 0 Å². The van der Waals surface area contributed by atoms with Crippen molar-refractivity contribution in [2.24, 2.45) is 0 Å². The number of anilines is 1. The molecule has 0 aliphatic heterocycles. The van der Waals surface area contributed by atoms with Gasteiger partial charge in [-0.1, -0.05) is 67.1 Å². The van der Waals surface area contributed by atoms with E-state index in [4.69, 9.17) is 11.6 Å². The number of amides is 1. The highest BCUT2D eigenvalue weighted by atomic mass is 35.5. The molecule has 0 aliphatic carbocycles. The fourth-order valence-corrected chi connectivity index (χ4v) is 5.13. The SMILES string of the molecule is CC[C@H](NC(=O)CN(c1ccc(Cl)cc1C)S(=O)(=O)c1ccccc1)c1ccccc1. The van der Waals surface area contributed by atoms with Crippen LogP contribution in [0.3, 0.4) is 0 Å². The maximum atomic E-state index is 13.4. The Labute approximate surface area is 188 Å². The van der Waals surface area contributed by atoms with Gasteiger partial charge in [-0.05, 0) is 54.8 Å². The molecule has 162 valence electrons. The molecule has 0 bridgehead atoms. The summed E-state index contributed by atoms with van der Waals surface area (Å²) in [5.41, 5.74) is 2.05. The molecule has 1 atom stereocenters. The highest BCUT2D eigenvalue weighted by molar-refractivity contribution is 7.92. The number of benzene rings is 3. The monoisotopic (exact) mass is 456 g/mol. The Kier molecular flexibility index (Phi) is 7.36. The van der Waals surface area contributed by atoms with Gasteiger partial charge in [-0.25, -0.2) is 8.42 Å². The van der Waals surface area contributed by atoms with E-state index in [2.05, 4.69) is 5.32 Å². The predicted octanol–water partition coefficient (Wildman–Crippen LogP) is 5.11. The maximum absolute atomic E-state index is 13.4. The first kappa shape index (κ1) is 22.8. The average molecular weight is 457 g/mol. The third-order valence-electron chi connectivity index (χ3n) is 4.99. The predicted molar refractivity (Wildman–Crippen MR) is 125 cm³/mol. The summed E-state index contributed by atoms with van der Waals surface area (Å²) in [6.07, 6.45) is 0.682. The van der Waals surface area contributed by atoms with Gasteiger partial charge < -0.3 is 5.32 Å². The van der Waals surface area contributed by atoms with Gasteiger partial charge in [0.15, 0.2) is 0 Å². The smallest absolute Gasteiger partial charge is 0.264 e. The third-order valence-corrected chi connectivity index (χ3v) is 7.00. The molecule has 1 amide bonds. The van der Waals surface area contributed by atoms with Crippen LogP contribution in [0.15, 0.2) is 83.8 Å². The summed E-state index contributed by atoms with van der Waals surface area (Å²) in [6.45, 7) is 3.40. The minimum Gasteiger partial charge on any atom is -0.348 e. The molecule has 5 nitrogen and oxygen atoms in total. The van der Waals surface area contributed by atoms with Crippen LogP contribution < -0.4 is 9.62 Å². The van der Waals surface area contributed by atoms with E-state index in [0.29, 0.717) is 22.7 Å². The van der Waals surface area contributed by atoms with Gasteiger partial charge in [0, 0.05) is 5.02 Å². The molecule has 0 aromatic heterocycles. The molecule has 0 saturated carbocycles. The Hall–Kier alpha value is -2.83. The molecule has 3 aromatic carbocycles. The first-order chi connectivity index (χ1) is 14.8. The van der Waals surface area contributed by atoms with Gasteiger partial charge in [0.2, 0.25) is 5.91 Å². The van der Waals surface area contributed by atoms with Crippen LogP contribution in [0.2, 0.25) is 5.02 Å². The molecule has 0 spiro atoms. The van der Waals surface area contributed by atoms with Crippen molar-refractivity contribution in [3.8, 4) is 0 Å². The first-order valence-corrected chi connectivity index (χ1v) is 11.8. The van der Waals surface area contributed by atoms with E-state index in [1.807, 2.05) is 37.3 Å². The van der Waals surface area contributed by atoms with E-state index < -0.39 is 10.0 Å². The number of hydrogen-bond acceptors (Lipinski definition) is 3. The lowest BCUT2D eigenvalue weighted by Crippen LogP contribution is -2.42. The zero-order valence-electron chi connectivity index (χ0n) is 17.5. The number of aryl methyl sites for hydroxylation is 1. The minimum atomic E-state index is -3.96. The Morgan fingerprint density at radius 2 is 1.61 bits per heavy atom. The van der Waals surface area contributed by atoms with E-state index in [-0.39, 0.29) is 23.4 Å². The highest BCUT2D eigenvalue weighted by Crippen LogP contribution is 2.29. The van der Waals surface area contributed by atoms with Crippen molar-refractivity contribution in [1.82, 2.24) is 5.32 Å². The molecule has 3 aromatic rings. The molecule has 0 saturated heterocycles. The first-order valence-electron chi connectivity index (χ1n) is 10.0. The Bertz CT molecular complexity index is 1140. The number of carbonyl (C=O) groups is 1. The van der Waals surface area contributed by atoms with Crippen molar-refractivity contribution in [2.75, 3.05) is 10.8 Å². The standard InChI is InChI=1S/C24H25ClN2O3S/c1-3-22(19-10-6-4-7-11-19)26-24(28)17-27(23-15-14-20(25)16-18(23)2)31(29,30)21-12-8-5-9-13-21/h4-16,22H,3,17H2,1-2H3,(H,26,28)/t22-/m0/s1. The van der Waals surface area contributed by atoms with Crippen LogP contribution in [0, 0.1) is 6.92 Å². The molecule has 1 N–H and O–H groups in total. The third kappa shape index (κ3) is 5.46. The number of carbonyl (C=O) groups excluding carboxylic acids is 1. The van der Waals surface area contributed by atoms with Gasteiger partial charge in [0.25, 0.3) is 10.0 Å². The van der Waals surface area contributed by atoms with Crippen LogP contribution in [-0.2, 0) is 14.8 Å². The molecule has 0 fully saturated rings. The second-order valence-corrected chi connectivity index (χ2v) is 9.49. The van der Waals surface area contributed by atoms with Crippen LogP contribution in [0.4, 0.5) is 5.69 Å². The fraction of sp³-hybridized carbons (Fsp3) is 0.208. The minimum absolute atomic E-state index is 0.118. The highest BCUT2D eigenvalue weighted by Gasteiger charge is 2.29. The van der Waals surface area contributed by atoms with Crippen molar-refractivity contribution in [1.29, 1.82) is 0 Å². The lowest BCUT2D eigenvalue weighted by molar-refractivity contribution is -0.120. The zero-order chi connectivity index (χ0) is 22.4. The lowest BCUT2D eigenvalue weighted by Gasteiger charge is -2.27. The molecule has 31 heavy (non-hydrogen) atoms. The fourth-order valence-electron chi connectivity index (χ4n) is 3.39. The van der Waals surface area contributed by atoms with Gasteiger partial charge in [0.05, 0.1) is 16.6 Å². The molecule has 0 radical (unpaired) electrons. The van der Waals surface area contributed by atoms with Crippen molar-refractivity contribution in [3.05, 3.63) is 95.0 Å². The molecular formula is C24H25ClN2O3S. The van der Waals surface area contributed by atoms with Gasteiger partial charge in [0.1, 0.15) is 6.54 Å². The second kappa shape index (κ2) is 9.98. The number of nitrogens with zero attached hydrogens (tertiary/aromatic N) is 1. The quantitative estimate of drug-likeness (QED) is 0.512. The zero-order valence-corrected chi connectivity index (χ0v) is 19.0. The summed E-state index contributed by atoms with van der Waals surface area (Å²) in [6, 6.07) is 22.4. The topological polar surface area (TPSA) is 66.5 Å². The normalized spacial score (nSPS) is 12.2. The van der Waals surface area contributed by atoms with Crippen LogP contribution in [0.5, 0.6) is 0 Å². The maximum Gasteiger partial charge on any atom is 0.264 e. The van der Waals surface area contributed by atoms with Gasteiger partial charge in [-0.15, -0.1) is 0 Å². The molecule has 3 rings (SSSR count). The molecule has 0 heterocycles. The van der Waals surface area contributed by atoms with Gasteiger partial charge in [-0.3, -0.25) is 9.10 Å².